The van der Waals surface area contributed by atoms with Gasteiger partial charge in [0.15, 0.2) is 0 Å². The van der Waals surface area contributed by atoms with Crippen LogP contribution in [0.5, 0.6) is 17.2 Å². The topological polar surface area (TPSA) is 115 Å². The maximum Gasteiger partial charge on any atom is 0.573 e. The SMILES string of the molecule is Cc1ccc(-c2c(C(=O)O)[nH]c3ccc(Oc4cccc(OC(F)(F)F)c4)cc23)cc1[N+](=O)[O-]. The molecule has 0 aliphatic heterocycles. The van der Waals surface area contributed by atoms with Crippen molar-refractivity contribution in [1.29, 1.82) is 0 Å². The summed E-state index contributed by atoms with van der Waals surface area (Å²) in [6.07, 6.45) is -4.86. The number of benzene rings is 3. The molecule has 0 bridgehead atoms. The summed E-state index contributed by atoms with van der Waals surface area (Å²) < 4.78 is 47.0. The summed E-state index contributed by atoms with van der Waals surface area (Å²) in [7, 11) is 0. The van der Waals surface area contributed by atoms with Gasteiger partial charge in [-0.15, -0.1) is 13.2 Å². The van der Waals surface area contributed by atoms with E-state index in [1.807, 2.05) is 0 Å². The molecule has 0 spiro atoms. The second-order valence-electron chi connectivity index (χ2n) is 7.27. The number of nitrogens with one attached hydrogen (secondary N) is 1. The molecule has 0 saturated carbocycles. The van der Waals surface area contributed by atoms with Crippen LogP contribution in [0, 0.1) is 17.0 Å². The number of aryl methyl sites for hydroxylation is 1. The summed E-state index contributed by atoms with van der Waals surface area (Å²) in [6, 6.07) is 13.9. The van der Waals surface area contributed by atoms with Gasteiger partial charge in [0.05, 0.1) is 4.92 Å². The Balaban J connectivity index is 1.79. The van der Waals surface area contributed by atoms with Crippen molar-refractivity contribution < 1.29 is 37.5 Å². The third-order valence-corrected chi connectivity index (χ3v) is 4.95. The summed E-state index contributed by atoms with van der Waals surface area (Å²) in [5, 5.41) is 21.5. The molecule has 0 fully saturated rings. The number of rotatable bonds is 6. The third-order valence-electron chi connectivity index (χ3n) is 4.95. The fourth-order valence-electron chi connectivity index (χ4n) is 3.53. The Morgan fingerprint density at radius 1 is 1.03 bits per heavy atom. The van der Waals surface area contributed by atoms with Crippen LogP contribution in [0.2, 0.25) is 0 Å². The van der Waals surface area contributed by atoms with Gasteiger partial charge in [0, 0.05) is 34.2 Å². The number of ether oxygens (including phenoxy) is 2. The monoisotopic (exact) mass is 472 g/mol. The quantitative estimate of drug-likeness (QED) is 0.247. The lowest BCUT2D eigenvalue weighted by Gasteiger charge is -2.11. The van der Waals surface area contributed by atoms with E-state index in [1.165, 1.54) is 36.4 Å². The number of fused-ring (bicyclic) bond motifs is 1. The van der Waals surface area contributed by atoms with Gasteiger partial charge in [-0.3, -0.25) is 10.1 Å². The van der Waals surface area contributed by atoms with E-state index in [1.54, 1.807) is 19.1 Å². The number of hydrogen-bond acceptors (Lipinski definition) is 5. The normalized spacial score (nSPS) is 11.4. The molecule has 2 N–H and O–H groups in total. The van der Waals surface area contributed by atoms with E-state index < -0.39 is 23.0 Å². The van der Waals surface area contributed by atoms with Crippen LogP contribution in [0.15, 0.2) is 60.7 Å². The van der Waals surface area contributed by atoms with Gasteiger partial charge in [0.25, 0.3) is 5.69 Å². The third kappa shape index (κ3) is 4.63. The van der Waals surface area contributed by atoms with Gasteiger partial charge in [-0.2, -0.15) is 0 Å². The molecular formula is C23H15F3N2O6. The van der Waals surface area contributed by atoms with E-state index >= 15 is 0 Å². The van der Waals surface area contributed by atoms with Crippen molar-refractivity contribution >= 4 is 22.6 Å². The number of aromatic nitrogens is 1. The van der Waals surface area contributed by atoms with Crippen molar-refractivity contribution in [3.8, 4) is 28.4 Å². The fraction of sp³-hybridized carbons (Fsp3) is 0.0870. The first-order valence-corrected chi connectivity index (χ1v) is 9.70. The van der Waals surface area contributed by atoms with Crippen LogP contribution in [0.3, 0.4) is 0 Å². The number of hydrogen-bond donors (Lipinski definition) is 2. The van der Waals surface area contributed by atoms with E-state index in [9.17, 15) is 33.2 Å². The molecule has 34 heavy (non-hydrogen) atoms. The summed E-state index contributed by atoms with van der Waals surface area (Å²) >= 11 is 0. The first-order chi connectivity index (χ1) is 16.0. The molecule has 8 nitrogen and oxygen atoms in total. The Labute approximate surface area is 189 Å². The van der Waals surface area contributed by atoms with Crippen molar-refractivity contribution in [2.75, 3.05) is 0 Å². The van der Waals surface area contributed by atoms with E-state index in [2.05, 4.69) is 9.72 Å². The molecule has 0 aliphatic rings. The minimum atomic E-state index is -4.86. The molecule has 0 unspecified atom stereocenters. The van der Waals surface area contributed by atoms with Gasteiger partial charge in [-0.25, -0.2) is 4.79 Å². The van der Waals surface area contributed by atoms with Crippen LogP contribution < -0.4 is 9.47 Å². The Morgan fingerprint density at radius 3 is 2.41 bits per heavy atom. The number of alkyl halides is 3. The summed E-state index contributed by atoms with van der Waals surface area (Å²) in [5.41, 5.74) is 1.01. The highest BCUT2D eigenvalue weighted by atomic mass is 19.4. The van der Waals surface area contributed by atoms with Crippen molar-refractivity contribution in [2.45, 2.75) is 13.3 Å². The zero-order chi connectivity index (χ0) is 24.6. The van der Waals surface area contributed by atoms with Crippen LogP contribution in [-0.4, -0.2) is 27.3 Å². The van der Waals surface area contributed by atoms with Crippen LogP contribution >= 0.6 is 0 Å². The first-order valence-electron chi connectivity index (χ1n) is 9.70. The van der Waals surface area contributed by atoms with Crippen molar-refractivity contribution in [3.63, 3.8) is 0 Å². The van der Waals surface area contributed by atoms with Gasteiger partial charge in [0.1, 0.15) is 22.9 Å². The lowest BCUT2D eigenvalue weighted by Crippen LogP contribution is -2.16. The van der Waals surface area contributed by atoms with Crippen LogP contribution in [0.1, 0.15) is 16.1 Å². The van der Waals surface area contributed by atoms with Crippen molar-refractivity contribution in [2.24, 2.45) is 0 Å². The van der Waals surface area contributed by atoms with Crippen LogP contribution in [0.4, 0.5) is 18.9 Å². The van der Waals surface area contributed by atoms with E-state index in [4.69, 9.17) is 4.74 Å². The van der Waals surface area contributed by atoms with Crippen LogP contribution in [0.25, 0.3) is 22.0 Å². The maximum absolute atomic E-state index is 12.5. The number of carboxylic acid groups (broad SMARTS) is 1. The fourth-order valence-corrected chi connectivity index (χ4v) is 3.53. The number of carboxylic acids is 1. The molecule has 0 amide bonds. The molecule has 11 heteroatoms. The van der Waals surface area contributed by atoms with E-state index in [-0.39, 0.29) is 28.4 Å². The molecule has 3 aromatic carbocycles. The first kappa shape index (κ1) is 22.6. The number of nitro groups is 1. The smallest absolute Gasteiger partial charge is 0.477 e. The lowest BCUT2D eigenvalue weighted by atomic mass is 9.99. The Kier molecular flexibility index (Phi) is 5.61. The lowest BCUT2D eigenvalue weighted by molar-refractivity contribution is -0.385. The second-order valence-corrected chi connectivity index (χ2v) is 7.27. The Hall–Kier alpha value is -4.54. The van der Waals surface area contributed by atoms with Gasteiger partial charge in [0.2, 0.25) is 0 Å². The highest BCUT2D eigenvalue weighted by molar-refractivity contribution is 6.08. The zero-order valence-electron chi connectivity index (χ0n) is 17.3. The van der Waals surface area contributed by atoms with Gasteiger partial charge < -0.3 is 19.6 Å². The highest BCUT2D eigenvalue weighted by Gasteiger charge is 2.31. The van der Waals surface area contributed by atoms with Gasteiger partial charge in [-0.1, -0.05) is 18.2 Å². The maximum atomic E-state index is 12.5. The number of aromatic carboxylic acids is 1. The second kappa shape index (κ2) is 8.43. The minimum Gasteiger partial charge on any atom is -0.477 e. The van der Waals surface area contributed by atoms with Crippen molar-refractivity contribution in [1.82, 2.24) is 4.98 Å². The molecule has 1 aromatic heterocycles. The number of aromatic amines is 1. The molecule has 0 radical (unpaired) electrons. The standard InChI is InChI=1S/C23H15F3N2O6/c1-12-5-6-13(9-19(12)28(31)32)20-17-11-15(7-8-18(17)27-21(20)22(29)30)33-14-3-2-4-16(10-14)34-23(24,25)26/h2-11,27H,1H3,(H,29,30). The molecule has 0 saturated heterocycles. The summed E-state index contributed by atoms with van der Waals surface area (Å²) in [5.74, 6) is -1.47. The zero-order valence-corrected chi connectivity index (χ0v) is 17.3. The van der Waals surface area contributed by atoms with Gasteiger partial charge >= 0.3 is 12.3 Å². The van der Waals surface area contributed by atoms with E-state index in [0.29, 0.717) is 22.0 Å². The Bertz CT molecular complexity index is 1430. The molecular weight excluding hydrogens is 457 g/mol. The highest BCUT2D eigenvalue weighted by Crippen LogP contribution is 2.38. The number of carbonyl (C=O) groups is 1. The molecule has 174 valence electrons. The number of nitro benzene ring substituents is 1. The molecule has 1 heterocycles. The van der Waals surface area contributed by atoms with Crippen LogP contribution in [-0.2, 0) is 0 Å². The Morgan fingerprint density at radius 2 is 1.74 bits per heavy atom. The molecule has 4 aromatic rings. The minimum absolute atomic E-state index is 0.0580. The predicted octanol–water partition coefficient (Wildman–Crippen LogP) is 6.44. The molecule has 0 aliphatic carbocycles. The molecule has 0 atom stereocenters. The average Bonchev–Trinajstić information content (AvgIpc) is 3.12. The number of nitrogens with zero attached hydrogens (tertiary/aromatic N) is 1. The summed E-state index contributed by atoms with van der Waals surface area (Å²) in [6.45, 7) is 1.57. The average molecular weight is 472 g/mol. The van der Waals surface area contributed by atoms with E-state index in [0.717, 1.165) is 12.1 Å². The number of H-pyrrole nitrogens is 1. The van der Waals surface area contributed by atoms with Gasteiger partial charge in [-0.05, 0) is 42.8 Å². The number of halogens is 3. The molecule has 4 rings (SSSR count). The summed E-state index contributed by atoms with van der Waals surface area (Å²) in [4.78, 5) is 25.5. The largest absolute Gasteiger partial charge is 0.573 e. The predicted molar refractivity (Wildman–Crippen MR) is 115 cm³/mol. The van der Waals surface area contributed by atoms with Crippen molar-refractivity contribution in [3.05, 3.63) is 82.0 Å².